The number of unbranched alkanes of at least 4 members (excludes halogenated alkanes) is 12. The molecule has 0 aliphatic carbocycles. The first-order valence-electron chi connectivity index (χ1n) is 13.2. The first-order valence-corrected chi connectivity index (χ1v) is 15.1. The van der Waals surface area contributed by atoms with Crippen molar-refractivity contribution in [3.63, 3.8) is 0 Å². The summed E-state index contributed by atoms with van der Waals surface area (Å²) in [4.78, 5) is 0. The van der Waals surface area contributed by atoms with Gasteiger partial charge in [0, 0.05) is 27.4 Å². The van der Waals surface area contributed by atoms with Gasteiger partial charge in [0.05, 0.1) is 0 Å². The Morgan fingerprint density at radius 3 is 1.37 bits per heavy atom. The first kappa shape index (κ1) is 30.1. The summed E-state index contributed by atoms with van der Waals surface area (Å²) in [6.07, 6.45) is 23.8. The maximum absolute atomic E-state index is 5.58. The van der Waals surface area contributed by atoms with Crippen molar-refractivity contribution in [1.29, 1.82) is 0 Å². The topological polar surface area (TPSA) is 27.7 Å². The van der Waals surface area contributed by atoms with E-state index in [1.807, 2.05) is 0 Å². The highest BCUT2D eigenvalue weighted by Gasteiger charge is 2.37. The van der Waals surface area contributed by atoms with Gasteiger partial charge in [-0.3, -0.25) is 0 Å². The summed E-state index contributed by atoms with van der Waals surface area (Å²) in [6, 6.07) is 0.934. The molecular formula is C26H56O3Si. The number of hydrogen-bond acceptors (Lipinski definition) is 3. The molecule has 0 aromatic rings. The monoisotopic (exact) mass is 444 g/mol. The average Bonchev–Trinajstić information content (AvgIpc) is 2.74. The molecule has 0 fully saturated rings. The zero-order valence-corrected chi connectivity index (χ0v) is 22.6. The molecule has 3 nitrogen and oxygen atoms in total. The molecule has 0 bridgehead atoms. The Kier molecular flexibility index (Phi) is 21.0. The Bertz CT molecular complexity index is 337. The molecule has 0 radical (unpaired) electrons. The highest BCUT2D eigenvalue weighted by molar-refractivity contribution is 6.60. The fourth-order valence-corrected chi connectivity index (χ4v) is 6.41. The summed E-state index contributed by atoms with van der Waals surface area (Å²) < 4.78 is 16.7. The normalized spacial score (nSPS) is 13.3. The van der Waals surface area contributed by atoms with Crippen molar-refractivity contribution < 1.29 is 13.3 Å². The van der Waals surface area contributed by atoms with E-state index in [4.69, 9.17) is 13.3 Å². The Balaban J connectivity index is 3.78. The third kappa shape index (κ3) is 16.7. The van der Waals surface area contributed by atoms with Gasteiger partial charge in [0.15, 0.2) is 0 Å². The van der Waals surface area contributed by atoms with E-state index in [0.29, 0.717) is 0 Å². The van der Waals surface area contributed by atoms with E-state index in [-0.39, 0.29) is 0 Å². The van der Waals surface area contributed by atoms with Crippen molar-refractivity contribution in [2.75, 3.05) is 21.3 Å². The van der Waals surface area contributed by atoms with Gasteiger partial charge in [0.25, 0.3) is 0 Å². The molecular weight excluding hydrogens is 388 g/mol. The van der Waals surface area contributed by atoms with Gasteiger partial charge < -0.3 is 13.3 Å². The Morgan fingerprint density at radius 2 is 0.967 bits per heavy atom. The fourth-order valence-electron chi connectivity index (χ4n) is 4.66. The van der Waals surface area contributed by atoms with Crippen LogP contribution in [0.4, 0.5) is 0 Å². The lowest BCUT2D eigenvalue weighted by atomic mass is 9.88. The molecule has 0 saturated heterocycles. The quantitative estimate of drug-likeness (QED) is 0.116. The third-order valence-electron chi connectivity index (χ3n) is 6.55. The van der Waals surface area contributed by atoms with Crippen LogP contribution in [-0.4, -0.2) is 30.1 Å². The molecule has 0 aromatic heterocycles. The van der Waals surface area contributed by atoms with Crippen LogP contribution in [0.1, 0.15) is 130 Å². The molecule has 0 spiro atoms. The van der Waals surface area contributed by atoms with Crippen molar-refractivity contribution in [2.45, 2.75) is 136 Å². The van der Waals surface area contributed by atoms with Crippen LogP contribution in [-0.2, 0) is 13.3 Å². The van der Waals surface area contributed by atoms with Crippen LogP contribution >= 0.6 is 0 Å². The number of hydrogen-bond donors (Lipinski definition) is 0. The predicted octanol–water partition coefficient (Wildman–Crippen LogP) is 8.79. The molecule has 4 heteroatoms. The molecule has 0 aliphatic rings. The van der Waals surface area contributed by atoms with Gasteiger partial charge in [-0.1, -0.05) is 117 Å². The van der Waals surface area contributed by atoms with Gasteiger partial charge in [0.1, 0.15) is 0 Å². The molecule has 0 aliphatic heterocycles. The van der Waals surface area contributed by atoms with E-state index in [0.717, 1.165) is 24.3 Å². The lowest BCUT2D eigenvalue weighted by molar-refractivity contribution is 0.122. The van der Waals surface area contributed by atoms with Crippen molar-refractivity contribution in [2.24, 2.45) is 11.8 Å². The largest absolute Gasteiger partial charge is 0.500 e. The van der Waals surface area contributed by atoms with E-state index in [1.54, 1.807) is 21.3 Å². The van der Waals surface area contributed by atoms with Crippen LogP contribution in [0.25, 0.3) is 0 Å². The van der Waals surface area contributed by atoms with Crippen LogP contribution in [0.3, 0.4) is 0 Å². The minimum atomic E-state index is -2.40. The zero-order chi connectivity index (χ0) is 22.5. The molecule has 1 unspecified atom stereocenters. The molecule has 0 N–H and O–H groups in total. The van der Waals surface area contributed by atoms with Crippen molar-refractivity contribution in [1.82, 2.24) is 0 Å². The molecule has 0 rings (SSSR count). The summed E-state index contributed by atoms with van der Waals surface area (Å²) >= 11 is 0. The maximum atomic E-state index is 5.58. The standard InChI is InChI=1S/C26H56O3Si/c1-7-8-9-10-11-12-13-14-15-16-17-18-19-21-26(24-25(2)3)22-20-23-30(27-4,28-5)29-6/h25-26H,7-24H2,1-6H3. The molecule has 0 amide bonds. The van der Waals surface area contributed by atoms with Gasteiger partial charge in [0.2, 0.25) is 0 Å². The third-order valence-corrected chi connectivity index (χ3v) is 9.38. The Labute approximate surface area is 191 Å². The predicted molar refractivity (Wildman–Crippen MR) is 134 cm³/mol. The fraction of sp³-hybridized carbons (Fsp3) is 1.00. The second kappa shape index (κ2) is 21.0. The summed E-state index contributed by atoms with van der Waals surface area (Å²) in [5, 5.41) is 0. The van der Waals surface area contributed by atoms with E-state index in [2.05, 4.69) is 20.8 Å². The van der Waals surface area contributed by atoms with Gasteiger partial charge in [-0.2, -0.15) is 0 Å². The van der Waals surface area contributed by atoms with E-state index in [1.165, 1.54) is 103 Å². The van der Waals surface area contributed by atoms with E-state index in [9.17, 15) is 0 Å². The zero-order valence-electron chi connectivity index (χ0n) is 21.6. The van der Waals surface area contributed by atoms with Crippen LogP contribution in [0.5, 0.6) is 0 Å². The van der Waals surface area contributed by atoms with Gasteiger partial charge in [-0.15, -0.1) is 0 Å². The van der Waals surface area contributed by atoms with E-state index >= 15 is 0 Å². The molecule has 1 atom stereocenters. The van der Waals surface area contributed by atoms with Crippen molar-refractivity contribution in [3.05, 3.63) is 0 Å². The first-order chi connectivity index (χ1) is 14.5. The molecule has 0 saturated carbocycles. The maximum Gasteiger partial charge on any atom is 0.500 e. The van der Waals surface area contributed by atoms with Crippen LogP contribution in [0, 0.1) is 11.8 Å². The smallest absolute Gasteiger partial charge is 0.377 e. The second-order valence-electron chi connectivity index (χ2n) is 9.71. The van der Waals surface area contributed by atoms with Gasteiger partial charge in [-0.25, -0.2) is 0 Å². The van der Waals surface area contributed by atoms with E-state index < -0.39 is 8.80 Å². The Hall–Kier alpha value is 0.0969. The van der Waals surface area contributed by atoms with Crippen LogP contribution in [0.15, 0.2) is 0 Å². The van der Waals surface area contributed by atoms with Gasteiger partial charge in [-0.05, 0) is 24.7 Å². The van der Waals surface area contributed by atoms with Crippen LogP contribution in [0.2, 0.25) is 6.04 Å². The summed E-state index contributed by atoms with van der Waals surface area (Å²) in [7, 11) is 2.77. The average molecular weight is 445 g/mol. The number of rotatable bonds is 23. The Morgan fingerprint density at radius 1 is 0.567 bits per heavy atom. The van der Waals surface area contributed by atoms with Crippen molar-refractivity contribution in [3.8, 4) is 0 Å². The summed E-state index contributed by atoms with van der Waals surface area (Å²) in [6.45, 7) is 7.01. The summed E-state index contributed by atoms with van der Waals surface area (Å²) in [5.41, 5.74) is 0. The highest BCUT2D eigenvalue weighted by atomic mass is 28.4. The lowest BCUT2D eigenvalue weighted by Crippen LogP contribution is -2.42. The molecule has 30 heavy (non-hydrogen) atoms. The minimum absolute atomic E-state index is 0.784. The minimum Gasteiger partial charge on any atom is -0.377 e. The molecule has 0 heterocycles. The SMILES string of the molecule is CCCCCCCCCCCCCCCC(CCC[Si](OC)(OC)OC)CC(C)C. The molecule has 0 aromatic carbocycles. The van der Waals surface area contributed by atoms with Gasteiger partial charge >= 0.3 is 8.80 Å². The second-order valence-corrected chi connectivity index (χ2v) is 12.8. The molecule has 182 valence electrons. The van der Waals surface area contributed by atoms with Crippen molar-refractivity contribution >= 4 is 8.80 Å². The summed E-state index contributed by atoms with van der Waals surface area (Å²) in [5.74, 6) is 1.63. The highest BCUT2D eigenvalue weighted by Crippen LogP contribution is 2.27. The van der Waals surface area contributed by atoms with Crippen LogP contribution < -0.4 is 0 Å². The lowest BCUT2D eigenvalue weighted by Gasteiger charge is -2.25.